The van der Waals surface area contributed by atoms with E-state index in [9.17, 15) is 13.2 Å². The van der Waals surface area contributed by atoms with Gasteiger partial charge < -0.3 is 14.4 Å². The summed E-state index contributed by atoms with van der Waals surface area (Å²) in [4.78, 5) is 17.8. The van der Waals surface area contributed by atoms with E-state index in [0.29, 0.717) is 10.8 Å². The van der Waals surface area contributed by atoms with Crippen LogP contribution in [0.1, 0.15) is 19.8 Å². The van der Waals surface area contributed by atoms with Crippen molar-refractivity contribution in [3.8, 4) is 5.75 Å². The number of ether oxygens (including phenoxy) is 2. The van der Waals surface area contributed by atoms with Crippen molar-refractivity contribution in [3.63, 3.8) is 0 Å². The fraction of sp³-hybridized carbons (Fsp3) is 0.400. The molecule has 0 atom stereocenters. The van der Waals surface area contributed by atoms with Gasteiger partial charge in [0.05, 0.1) is 29.2 Å². The molecule has 1 aromatic heterocycles. The molecule has 10 heteroatoms. The average Bonchev–Trinajstić information content (AvgIpc) is 2.71. The number of nitrogens with zero attached hydrogens (tertiary/aromatic N) is 2. The van der Waals surface area contributed by atoms with Crippen molar-refractivity contribution in [3.05, 3.63) is 47.7 Å². The highest BCUT2D eigenvalue weighted by molar-refractivity contribution is 7.93. The Morgan fingerprint density at radius 2 is 2.07 bits per heavy atom. The molecule has 3 rings (SSSR count). The summed E-state index contributed by atoms with van der Waals surface area (Å²) in [6.45, 7) is 3.42. The van der Waals surface area contributed by atoms with Crippen LogP contribution in [-0.2, 0) is 19.6 Å². The Balaban J connectivity index is 1.55. The predicted octanol–water partition coefficient (Wildman–Crippen LogP) is 3.09. The summed E-state index contributed by atoms with van der Waals surface area (Å²) in [5.41, 5.74) is 1.34. The molecule has 2 aromatic rings. The number of piperidine rings is 1. The molecule has 1 saturated heterocycles. The number of aromatic nitrogens is 1. The summed E-state index contributed by atoms with van der Waals surface area (Å²) in [5.74, 6) is -1.08. The average molecular weight is 454 g/mol. The molecule has 1 N–H and O–H groups in total. The zero-order valence-electron chi connectivity index (χ0n) is 16.6. The van der Waals surface area contributed by atoms with Crippen LogP contribution in [0.15, 0.2) is 42.7 Å². The number of esters is 1. The first-order valence-corrected chi connectivity index (χ1v) is 11.7. The van der Waals surface area contributed by atoms with Crippen LogP contribution < -0.4 is 14.4 Å². The van der Waals surface area contributed by atoms with E-state index in [-0.39, 0.29) is 18.4 Å². The van der Waals surface area contributed by atoms with E-state index in [1.54, 1.807) is 25.3 Å². The lowest BCUT2D eigenvalue weighted by molar-refractivity contribution is -0.139. The highest BCUT2D eigenvalue weighted by Crippen LogP contribution is 2.31. The molecular formula is C20H24ClN3O5S. The molecule has 1 aliphatic heterocycles. The fourth-order valence-corrected chi connectivity index (χ4v) is 4.36. The lowest BCUT2D eigenvalue weighted by atomic mass is 10.1. The Morgan fingerprint density at radius 1 is 1.30 bits per heavy atom. The molecule has 2 heterocycles. The zero-order chi connectivity index (χ0) is 21.6. The number of pyridine rings is 1. The maximum atomic E-state index is 12.1. The van der Waals surface area contributed by atoms with Gasteiger partial charge in [-0.15, -0.1) is 0 Å². The summed E-state index contributed by atoms with van der Waals surface area (Å²) >= 11 is 6.29. The van der Waals surface area contributed by atoms with Crippen molar-refractivity contribution in [1.82, 2.24) is 4.98 Å². The number of anilines is 2. The van der Waals surface area contributed by atoms with Crippen LogP contribution in [0.5, 0.6) is 5.75 Å². The molecule has 0 amide bonds. The van der Waals surface area contributed by atoms with Gasteiger partial charge in [-0.25, -0.2) is 8.42 Å². The van der Waals surface area contributed by atoms with Gasteiger partial charge in [-0.3, -0.25) is 14.5 Å². The lowest BCUT2D eigenvalue weighted by Crippen LogP contribution is -2.38. The minimum absolute atomic E-state index is 0.0155. The molecule has 0 radical (unpaired) electrons. The summed E-state index contributed by atoms with van der Waals surface area (Å²) < 4.78 is 37.1. The first-order valence-electron chi connectivity index (χ1n) is 9.63. The van der Waals surface area contributed by atoms with Gasteiger partial charge >= 0.3 is 5.97 Å². The molecule has 0 unspecified atom stereocenters. The van der Waals surface area contributed by atoms with Crippen LogP contribution in [-0.4, -0.2) is 50.9 Å². The van der Waals surface area contributed by atoms with Gasteiger partial charge in [-0.2, -0.15) is 0 Å². The minimum Gasteiger partial charge on any atom is -0.489 e. The molecule has 1 fully saturated rings. The second-order valence-electron chi connectivity index (χ2n) is 6.83. The van der Waals surface area contributed by atoms with E-state index in [0.717, 1.165) is 31.6 Å². The van der Waals surface area contributed by atoms with Gasteiger partial charge in [0.1, 0.15) is 11.9 Å². The third-order valence-corrected chi connectivity index (χ3v) is 6.02. The van der Waals surface area contributed by atoms with Crippen LogP contribution in [0.3, 0.4) is 0 Å². The number of rotatable bonds is 8. The molecule has 0 saturated carbocycles. The van der Waals surface area contributed by atoms with Crippen LogP contribution in [0.25, 0.3) is 0 Å². The van der Waals surface area contributed by atoms with E-state index in [4.69, 9.17) is 16.3 Å². The van der Waals surface area contributed by atoms with Gasteiger partial charge in [0, 0.05) is 32.1 Å². The fourth-order valence-electron chi connectivity index (χ4n) is 3.19. The summed E-state index contributed by atoms with van der Waals surface area (Å²) in [6.07, 6.45) is 5.28. The van der Waals surface area contributed by atoms with Gasteiger partial charge in [0.25, 0.3) is 0 Å². The van der Waals surface area contributed by atoms with Crippen molar-refractivity contribution in [2.75, 3.05) is 35.1 Å². The number of benzene rings is 1. The summed E-state index contributed by atoms with van der Waals surface area (Å²) in [6, 6.07) is 8.59. The van der Waals surface area contributed by atoms with Crippen molar-refractivity contribution < 1.29 is 22.7 Å². The first-order chi connectivity index (χ1) is 14.4. The van der Waals surface area contributed by atoms with Crippen molar-refractivity contribution in [1.29, 1.82) is 0 Å². The Kier molecular flexibility index (Phi) is 7.38. The molecule has 30 heavy (non-hydrogen) atoms. The molecule has 1 aromatic carbocycles. The number of hydrogen-bond acceptors (Lipinski definition) is 7. The Bertz CT molecular complexity index is 964. The van der Waals surface area contributed by atoms with Crippen molar-refractivity contribution in [2.45, 2.75) is 25.9 Å². The monoisotopic (exact) mass is 453 g/mol. The van der Waals surface area contributed by atoms with E-state index in [1.807, 2.05) is 18.3 Å². The molecule has 8 nitrogen and oxygen atoms in total. The van der Waals surface area contributed by atoms with Crippen molar-refractivity contribution >= 4 is 39.0 Å². The number of nitrogens with one attached hydrogen (secondary N) is 1. The van der Waals surface area contributed by atoms with Crippen LogP contribution in [0.2, 0.25) is 5.02 Å². The smallest absolute Gasteiger partial charge is 0.323 e. The summed E-state index contributed by atoms with van der Waals surface area (Å²) in [7, 11) is -3.88. The molecule has 162 valence electrons. The SMILES string of the molecule is CCOC(=O)CS(=O)(=O)Nc1ccc(OC2CCN(c3cccnc3)CC2)c(Cl)c1. The Hall–Kier alpha value is -2.52. The maximum absolute atomic E-state index is 12.1. The Labute approximate surface area is 181 Å². The lowest BCUT2D eigenvalue weighted by Gasteiger charge is -2.33. The number of sulfonamides is 1. The number of carbonyl (C=O) groups is 1. The third kappa shape index (κ3) is 6.24. The largest absolute Gasteiger partial charge is 0.489 e. The van der Waals surface area contributed by atoms with Gasteiger partial charge in [0.2, 0.25) is 10.0 Å². The second kappa shape index (κ2) is 9.99. The standard InChI is InChI=1S/C20H24ClN3O5S/c1-2-28-20(25)14-30(26,27)23-15-5-6-19(18(21)12-15)29-17-7-10-24(11-8-17)16-4-3-9-22-13-16/h3-6,9,12-13,17,23H,2,7-8,10-11,14H2,1H3. The minimum atomic E-state index is -3.88. The number of hydrogen-bond donors (Lipinski definition) is 1. The van der Waals surface area contributed by atoms with E-state index in [2.05, 4.69) is 19.3 Å². The number of carbonyl (C=O) groups excluding carboxylic acids is 1. The zero-order valence-corrected chi connectivity index (χ0v) is 18.2. The molecule has 0 aliphatic carbocycles. The highest BCUT2D eigenvalue weighted by Gasteiger charge is 2.22. The predicted molar refractivity (Wildman–Crippen MR) is 116 cm³/mol. The van der Waals surface area contributed by atoms with Crippen molar-refractivity contribution in [2.24, 2.45) is 0 Å². The maximum Gasteiger partial charge on any atom is 0.323 e. The van der Waals surface area contributed by atoms with E-state index in [1.165, 1.54) is 6.07 Å². The van der Waals surface area contributed by atoms with Gasteiger partial charge in [-0.1, -0.05) is 11.6 Å². The Morgan fingerprint density at radius 3 is 2.70 bits per heavy atom. The molecule has 1 aliphatic rings. The molecular weight excluding hydrogens is 430 g/mol. The quantitative estimate of drug-likeness (QED) is 0.613. The second-order valence-corrected chi connectivity index (χ2v) is 8.96. The van der Waals surface area contributed by atoms with Crippen LogP contribution in [0.4, 0.5) is 11.4 Å². The van der Waals surface area contributed by atoms with E-state index >= 15 is 0 Å². The first kappa shape index (κ1) is 22.2. The van der Waals surface area contributed by atoms with Gasteiger partial charge in [-0.05, 0) is 37.3 Å². The van der Waals surface area contributed by atoms with Crippen LogP contribution in [0, 0.1) is 0 Å². The molecule has 0 spiro atoms. The molecule has 0 bridgehead atoms. The summed E-state index contributed by atoms with van der Waals surface area (Å²) in [5, 5.41) is 0.293. The van der Waals surface area contributed by atoms with E-state index < -0.39 is 21.7 Å². The topological polar surface area (TPSA) is 97.8 Å². The number of halogens is 1. The van der Waals surface area contributed by atoms with Crippen LogP contribution >= 0.6 is 11.6 Å². The normalized spacial score (nSPS) is 14.9. The third-order valence-electron chi connectivity index (χ3n) is 4.57. The van der Waals surface area contributed by atoms with Gasteiger partial charge in [0.15, 0.2) is 5.75 Å². The highest BCUT2D eigenvalue weighted by atomic mass is 35.5.